The first-order valence-corrected chi connectivity index (χ1v) is 10.5. The van der Waals surface area contributed by atoms with E-state index in [1.54, 1.807) is 0 Å². The van der Waals surface area contributed by atoms with Crippen LogP contribution in [0.2, 0.25) is 0 Å². The molecule has 0 spiro atoms. The van der Waals surface area contributed by atoms with E-state index in [1.165, 1.54) is 0 Å². The largest absolute Gasteiger partial charge is 0.494 e. The van der Waals surface area contributed by atoms with Gasteiger partial charge in [-0.05, 0) is 55.7 Å². The molecule has 3 aromatic carbocycles. The number of nitrogens with one attached hydrogen (secondary N) is 1. The number of carbonyl (C=O) groups is 1. The van der Waals surface area contributed by atoms with Crippen LogP contribution >= 0.6 is 0 Å². The van der Waals surface area contributed by atoms with Crippen molar-refractivity contribution in [1.82, 2.24) is 9.55 Å². The Morgan fingerprint density at radius 3 is 2.42 bits per heavy atom. The summed E-state index contributed by atoms with van der Waals surface area (Å²) in [5.41, 5.74) is 3.80. The van der Waals surface area contributed by atoms with Gasteiger partial charge in [0.25, 0.3) is 0 Å². The summed E-state index contributed by atoms with van der Waals surface area (Å²) in [5.74, 6) is 0.757. The molecule has 0 unspecified atom stereocenters. The van der Waals surface area contributed by atoms with E-state index in [0.29, 0.717) is 13.0 Å². The number of carboxylic acids is 1. The molecule has 4 aromatic rings. The third-order valence-corrected chi connectivity index (χ3v) is 4.97. The van der Waals surface area contributed by atoms with Crippen molar-refractivity contribution >= 4 is 28.6 Å². The standard InChI is InChI=1S/C25H25N3O3/c29-24(30)14-8-3-9-17-31-21-15-16-22-23(18-21)28(20-12-6-2-7-13-20)25(27-22)26-19-10-4-1-5-11-19/h1-2,4-7,10-13,15-16,18H,3,8-9,14,17H2,(H,26,27)(H,29,30). The van der Waals surface area contributed by atoms with Gasteiger partial charge in [0.15, 0.2) is 0 Å². The Morgan fingerprint density at radius 2 is 1.68 bits per heavy atom. The summed E-state index contributed by atoms with van der Waals surface area (Å²) in [5, 5.41) is 12.1. The minimum Gasteiger partial charge on any atom is -0.494 e. The van der Waals surface area contributed by atoms with E-state index < -0.39 is 5.97 Å². The van der Waals surface area contributed by atoms with Gasteiger partial charge < -0.3 is 15.2 Å². The number of hydrogen-bond acceptors (Lipinski definition) is 4. The van der Waals surface area contributed by atoms with Crippen LogP contribution in [0.3, 0.4) is 0 Å². The average molecular weight is 415 g/mol. The van der Waals surface area contributed by atoms with E-state index in [0.717, 1.165) is 46.9 Å². The molecule has 0 amide bonds. The number of ether oxygens (including phenoxy) is 1. The molecule has 0 bridgehead atoms. The van der Waals surface area contributed by atoms with Gasteiger partial charge in [0.05, 0.1) is 17.6 Å². The van der Waals surface area contributed by atoms with Gasteiger partial charge in [0, 0.05) is 23.9 Å². The molecule has 0 aliphatic heterocycles. The summed E-state index contributed by atoms with van der Waals surface area (Å²) in [7, 11) is 0. The predicted molar refractivity (Wildman–Crippen MR) is 122 cm³/mol. The Hall–Kier alpha value is -3.80. The van der Waals surface area contributed by atoms with Gasteiger partial charge in [-0.25, -0.2) is 4.98 Å². The number of aromatic nitrogens is 2. The number of aliphatic carboxylic acids is 1. The number of carboxylic acid groups (broad SMARTS) is 1. The molecular formula is C25H25N3O3. The van der Waals surface area contributed by atoms with Crippen molar-refractivity contribution in [2.75, 3.05) is 11.9 Å². The molecule has 158 valence electrons. The Labute approximate surface area is 181 Å². The number of hydrogen-bond donors (Lipinski definition) is 2. The first-order chi connectivity index (χ1) is 15.2. The van der Waals surface area contributed by atoms with Crippen molar-refractivity contribution in [2.24, 2.45) is 0 Å². The highest BCUT2D eigenvalue weighted by atomic mass is 16.5. The maximum Gasteiger partial charge on any atom is 0.303 e. The van der Waals surface area contributed by atoms with Crippen molar-refractivity contribution in [3.05, 3.63) is 78.9 Å². The molecule has 0 atom stereocenters. The van der Waals surface area contributed by atoms with Crippen molar-refractivity contribution in [2.45, 2.75) is 25.7 Å². The summed E-state index contributed by atoms with van der Waals surface area (Å²) in [6.07, 6.45) is 2.54. The summed E-state index contributed by atoms with van der Waals surface area (Å²) in [6.45, 7) is 0.555. The lowest BCUT2D eigenvalue weighted by Crippen LogP contribution is -2.02. The number of benzene rings is 3. The lowest BCUT2D eigenvalue weighted by atomic mass is 10.2. The second-order valence-electron chi connectivity index (χ2n) is 7.30. The van der Waals surface area contributed by atoms with Crippen molar-refractivity contribution < 1.29 is 14.6 Å². The van der Waals surface area contributed by atoms with Gasteiger partial charge in [0.1, 0.15) is 5.75 Å². The number of imidazole rings is 1. The van der Waals surface area contributed by atoms with Crippen molar-refractivity contribution in [3.63, 3.8) is 0 Å². The molecule has 0 aliphatic rings. The van der Waals surface area contributed by atoms with Gasteiger partial charge in [-0.3, -0.25) is 9.36 Å². The molecule has 6 nitrogen and oxygen atoms in total. The zero-order chi connectivity index (χ0) is 21.5. The Kier molecular flexibility index (Phi) is 6.47. The molecular weight excluding hydrogens is 390 g/mol. The number of rotatable bonds is 10. The Balaban J connectivity index is 1.58. The zero-order valence-corrected chi connectivity index (χ0v) is 17.2. The van der Waals surface area contributed by atoms with Crippen LogP contribution in [-0.2, 0) is 4.79 Å². The van der Waals surface area contributed by atoms with Gasteiger partial charge >= 0.3 is 5.97 Å². The van der Waals surface area contributed by atoms with E-state index in [9.17, 15) is 4.79 Å². The molecule has 6 heteroatoms. The van der Waals surface area contributed by atoms with E-state index in [4.69, 9.17) is 14.8 Å². The fraction of sp³-hybridized carbons (Fsp3) is 0.200. The predicted octanol–water partition coefficient (Wildman–Crippen LogP) is 5.79. The molecule has 0 fully saturated rings. The molecule has 2 N–H and O–H groups in total. The Morgan fingerprint density at radius 1 is 0.935 bits per heavy atom. The smallest absolute Gasteiger partial charge is 0.303 e. The third kappa shape index (κ3) is 5.22. The molecule has 1 heterocycles. The van der Waals surface area contributed by atoms with Gasteiger partial charge in [-0.1, -0.05) is 36.4 Å². The molecule has 0 aliphatic carbocycles. The number of para-hydroxylation sites is 2. The minimum absolute atomic E-state index is 0.208. The number of anilines is 2. The molecule has 31 heavy (non-hydrogen) atoms. The first-order valence-electron chi connectivity index (χ1n) is 10.5. The molecule has 4 rings (SSSR count). The van der Waals surface area contributed by atoms with Crippen LogP contribution in [0.25, 0.3) is 16.7 Å². The van der Waals surface area contributed by atoms with Crippen molar-refractivity contribution in [3.8, 4) is 11.4 Å². The van der Waals surface area contributed by atoms with Gasteiger partial charge in [0.2, 0.25) is 5.95 Å². The van der Waals surface area contributed by atoms with Crippen LogP contribution in [0, 0.1) is 0 Å². The van der Waals surface area contributed by atoms with Crippen LogP contribution in [-0.4, -0.2) is 27.2 Å². The number of fused-ring (bicyclic) bond motifs is 1. The van der Waals surface area contributed by atoms with E-state index in [1.807, 2.05) is 78.9 Å². The fourth-order valence-corrected chi connectivity index (χ4v) is 3.46. The van der Waals surface area contributed by atoms with Gasteiger partial charge in [-0.2, -0.15) is 0 Å². The lowest BCUT2D eigenvalue weighted by Gasteiger charge is -2.11. The van der Waals surface area contributed by atoms with Crippen LogP contribution in [0.5, 0.6) is 5.75 Å². The molecule has 0 saturated heterocycles. The highest BCUT2D eigenvalue weighted by Crippen LogP contribution is 2.29. The van der Waals surface area contributed by atoms with Crippen LogP contribution < -0.4 is 10.1 Å². The second kappa shape index (κ2) is 9.80. The van der Waals surface area contributed by atoms with Crippen LogP contribution in [0.15, 0.2) is 78.9 Å². The number of unbranched alkanes of at least 4 members (excludes halogenated alkanes) is 2. The fourth-order valence-electron chi connectivity index (χ4n) is 3.46. The summed E-state index contributed by atoms with van der Waals surface area (Å²) in [6, 6.07) is 26.0. The minimum atomic E-state index is -0.750. The topological polar surface area (TPSA) is 76.4 Å². The maximum atomic E-state index is 10.6. The highest BCUT2D eigenvalue weighted by molar-refractivity contribution is 5.83. The highest BCUT2D eigenvalue weighted by Gasteiger charge is 2.14. The van der Waals surface area contributed by atoms with E-state index in [-0.39, 0.29) is 6.42 Å². The Bertz CT molecular complexity index is 1140. The molecule has 0 saturated carbocycles. The summed E-state index contributed by atoms with van der Waals surface area (Å²) < 4.78 is 8.02. The third-order valence-electron chi connectivity index (χ3n) is 4.97. The lowest BCUT2D eigenvalue weighted by molar-refractivity contribution is -0.137. The van der Waals surface area contributed by atoms with Gasteiger partial charge in [-0.15, -0.1) is 0 Å². The van der Waals surface area contributed by atoms with E-state index in [2.05, 4.69) is 9.88 Å². The SMILES string of the molecule is O=C(O)CCCCCOc1ccc2nc(Nc3ccccc3)n(-c3ccccc3)c2c1. The molecule has 0 radical (unpaired) electrons. The maximum absolute atomic E-state index is 10.6. The molecule has 1 aromatic heterocycles. The monoisotopic (exact) mass is 415 g/mol. The van der Waals surface area contributed by atoms with Crippen LogP contribution in [0.4, 0.5) is 11.6 Å². The number of nitrogens with zero attached hydrogens (tertiary/aromatic N) is 2. The van der Waals surface area contributed by atoms with E-state index >= 15 is 0 Å². The summed E-state index contributed by atoms with van der Waals surface area (Å²) in [4.78, 5) is 15.4. The quantitative estimate of drug-likeness (QED) is 0.321. The van der Waals surface area contributed by atoms with Crippen molar-refractivity contribution in [1.29, 1.82) is 0 Å². The average Bonchev–Trinajstić information content (AvgIpc) is 3.14. The normalized spacial score (nSPS) is 10.8. The zero-order valence-electron chi connectivity index (χ0n) is 17.2. The van der Waals surface area contributed by atoms with Crippen LogP contribution in [0.1, 0.15) is 25.7 Å². The first kappa shape index (κ1) is 20.5. The summed E-state index contributed by atoms with van der Waals surface area (Å²) >= 11 is 0. The second-order valence-corrected chi connectivity index (χ2v) is 7.30.